The van der Waals surface area contributed by atoms with Gasteiger partial charge < -0.3 is 15.0 Å². The van der Waals surface area contributed by atoms with E-state index < -0.39 is 6.04 Å². The van der Waals surface area contributed by atoms with Crippen LogP contribution in [0.3, 0.4) is 0 Å². The van der Waals surface area contributed by atoms with Gasteiger partial charge in [-0.25, -0.2) is 0 Å². The molecular weight excluding hydrogens is 577 g/mol. The van der Waals surface area contributed by atoms with E-state index in [0.29, 0.717) is 24.5 Å². The SMILES string of the molecule is CCC(C)(C)c1ccc(OCCCCNC(=O)C2CSC(C(C)(C)C)N2C(=O)c2ccc(C(C)(C)C)cc2)c(C(C)(C)CC)c1. The van der Waals surface area contributed by atoms with E-state index in [1.54, 1.807) is 11.8 Å². The van der Waals surface area contributed by atoms with Gasteiger partial charge in [0.25, 0.3) is 5.91 Å². The van der Waals surface area contributed by atoms with Crippen molar-refractivity contribution in [3.8, 4) is 5.75 Å². The number of nitrogens with one attached hydrogen (secondary N) is 1. The molecule has 2 unspecified atom stereocenters. The molecule has 2 amide bonds. The highest BCUT2D eigenvalue weighted by Crippen LogP contribution is 2.42. The maximum absolute atomic E-state index is 13.9. The molecule has 0 aromatic heterocycles. The Morgan fingerprint density at radius 1 is 0.844 bits per heavy atom. The molecule has 2 aromatic carbocycles. The van der Waals surface area contributed by atoms with Crippen molar-refractivity contribution in [2.24, 2.45) is 5.41 Å². The highest BCUT2D eigenvalue weighted by Gasteiger charge is 2.46. The molecule has 250 valence electrons. The van der Waals surface area contributed by atoms with E-state index in [9.17, 15) is 9.59 Å². The highest BCUT2D eigenvalue weighted by molar-refractivity contribution is 8.00. The van der Waals surface area contributed by atoms with Crippen molar-refractivity contribution in [1.29, 1.82) is 0 Å². The second kappa shape index (κ2) is 14.5. The summed E-state index contributed by atoms with van der Waals surface area (Å²) in [5.41, 5.74) is 4.43. The number of carbonyl (C=O) groups excluding carboxylic acids is 2. The average Bonchev–Trinajstić information content (AvgIpc) is 3.44. The molecule has 0 aliphatic carbocycles. The van der Waals surface area contributed by atoms with Crippen LogP contribution in [0.4, 0.5) is 0 Å². The van der Waals surface area contributed by atoms with Gasteiger partial charge in [0.1, 0.15) is 11.8 Å². The molecule has 1 N–H and O–H groups in total. The summed E-state index contributed by atoms with van der Waals surface area (Å²) in [4.78, 5) is 29.2. The molecular formula is C39H60N2O3S. The van der Waals surface area contributed by atoms with Crippen molar-refractivity contribution in [3.63, 3.8) is 0 Å². The van der Waals surface area contributed by atoms with Crippen LogP contribution in [0.5, 0.6) is 5.75 Å². The number of hydrogen-bond donors (Lipinski definition) is 1. The van der Waals surface area contributed by atoms with E-state index in [-0.39, 0.29) is 38.8 Å². The number of ether oxygens (including phenoxy) is 1. The first-order valence-electron chi connectivity index (χ1n) is 16.9. The minimum absolute atomic E-state index is 0.0112. The lowest BCUT2D eigenvalue weighted by Gasteiger charge is -2.36. The third kappa shape index (κ3) is 9.08. The van der Waals surface area contributed by atoms with Gasteiger partial charge in [0.15, 0.2) is 0 Å². The van der Waals surface area contributed by atoms with Crippen molar-refractivity contribution in [3.05, 3.63) is 64.7 Å². The number of unbranched alkanes of at least 4 members (excludes halogenated alkanes) is 1. The maximum atomic E-state index is 13.9. The van der Waals surface area contributed by atoms with E-state index in [0.717, 1.165) is 31.4 Å². The van der Waals surface area contributed by atoms with Crippen molar-refractivity contribution in [2.45, 2.75) is 136 Å². The number of hydrogen-bond acceptors (Lipinski definition) is 4. The number of nitrogens with zero attached hydrogens (tertiary/aromatic N) is 1. The Hall–Kier alpha value is -2.47. The normalized spacial score (nSPS) is 17.8. The summed E-state index contributed by atoms with van der Waals surface area (Å²) >= 11 is 1.70. The zero-order valence-electron chi connectivity index (χ0n) is 30.2. The topological polar surface area (TPSA) is 58.6 Å². The van der Waals surface area contributed by atoms with Gasteiger partial charge in [0, 0.05) is 23.4 Å². The lowest BCUT2D eigenvalue weighted by atomic mass is 9.76. The van der Waals surface area contributed by atoms with Crippen LogP contribution in [0, 0.1) is 5.41 Å². The lowest BCUT2D eigenvalue weighted by Crippen LogP contribution is -2.52. The number of carbonyl (C=O) groups is 2. The predicted octanol–water partition coefficient (Wildman–Crippen LogP) is 9.26. The fourth-order valence-corrected chi connectivity index (χ4v) is 7.20. The third-order valence-corrected chi connectivity index (χ3v) is 11.4. The summed E-state index contributed by atoms with van der Waals surface area (Å²) in [6.07, 6.45) is 3.76. The first-order valence-corrected chi connectivity index (χ1v) is 18.0. The van der Waals surface area contributed by atoms with Gasteiger partial charge in [-0.15, -0.1) is 11.8 Å². The molecule has 1 heterocycles. The number of amides is 2. The van der Waals surface area contributed by atoms with Gasteiger partial charge in [0.05, 0.1) is 12.0 Å². The molecule has 1 aliphatic heterocycles. The molecule has 1 saturated heterocycles. The van der Waals surface area contributed by atoms with E-state index >= 15 is 0 Å². The maximum Gasteiger partial charge on any atom is 0.255 e. The van der Waals surface area contributed by atoms with Crippen LogP contribution in [0.1, 0.15) is 136 Å². The summed E-state index contributed by atoms with van der Waals surface area (Å²) in [6, 6.07) is 14.1. The number of thioether (sulfide) groups is 1. The second-order valence-corrected chi connectivity index (χ2v) is 17.3. The first kappa shape index (κ1) is 37.0. The Morgan fingerprint density at radius 3 is 2.00 bits per heavy atom. The van der Waals surface area contributed by atoms with Crippen LogP contribution in [-0.2, 0) is 21.0 Å². The molecule has 6 heteroatoms. The minimum Gasteiger partial charge on any atom is -0.493 e. The van der Waals surface area contributed by atoms with Crippen LogP contribution in [-0.4, -0.2) is 47.0 Å². The Kier molecular flexibility index (Phi) is 11.9. The Morgan fingerprint density at radius 2 is 1.44 bits per heavy atom. The monoisotopic (exact) mass is 636 g/mol. The van der Waals surface area contributed by atoms with Gasteiger partial charge in [0.2, 0.25) is 5.91 Å². The van der Waals surface area contributed by atoms with Crippen LogP contribution >= 0.6 is 11.8 Å². The lowest BCUT2D eigenvalue weighted by molar-refractivity contribution is -0.125. The summed E-state index contributed by atoms with van der Waals surface area (Å²) in [6.45, 7) is 27.7. The smallest absolute Gasteiger partial charge is 0.255 e. The van der Waals surface area contributed by atoms with Gasteiger partial charge >= 0.3 is 0 Å². The second-order valence-electron chi connectivity index (χ2n) is 16.1. The average molecular weight is 637 g/mol. The van der Waals surface area contributed by atoms with Crippen molar-refractivity contribution in [1.82, 2.24) is 10.2 Å². The van der Waals surface area contributed by atoms with E-state index in [1.165, 1.54) is 16.7 Å². The van der Waals surface area contributed by atoms with Crippen molar-refractivity contribution in [2.75, 3.05) is 18.9 Å². The molecule has 0 bridgehead atoms. The molecule has 5 nitrogen and oxygen atoms in total. The number of rotatable bonds is 12. The summed E-state index contributed by atoms with van der Waals surface area (Å²) in [5.74, 6) is 1.41. The number of benzene rings is 2. The predicted molar refractivity (Wildman–Crippen MR) is 192 cm³/mol. The standard InChI is InChI=1S/C39H60N2O3S/c1-13-38(9,10)29-21-22-32(30(25-29)39(11,12)14-2)44-24-16-15-23-40-33(42)31-26-45-35(37(6,7)8)41(31)34(43)27-17-19-28(20-18-27)36(3,4)5/h17-22,25,31,35H,13-16,23-24,26H2,1-12H3,(H,40,42). The third-order valence-electron chi connectivity index (χ3n) is 9.66. The van der Waals surface area contributed by atoms with Crippen LogP contribution in [0.2, 0.25) is 0 Å². The molecule has 0 spiro atoms. The zero-order valence-corrected chi connectivity index (χ0v) is 31.0. The molecule has 3 rings (SSSR count). The molecule has 45 heavy (non-hydrogen) atoms. The van der Waals surface area contributed by atoms with E-state index in [2.05, 4.69) is 107 Å². The van der Waals surface area contributed by atoms with Crippen LogP contribution < -0.4 is 10.1 Å². The molecule has 1 aliphatic rings. The Labute approximate surface area is 278 Å². The fraction of sp³-hybridized carbons (Fsp3) is 0.641. The van der Waals surface area contributed by atoms with Gasteiger partial charge in [-0.05, 0) is 76.7 Å². The Bertz CT molecular complexity index is 1300. The van der Waals surface area contributed by atoms with Gasteiger partial charge in [-0.3, -0.25) is 9.59 Å². The molecule has 1 fully saturated rings. The summed E-state index contributed by atoms with van der Waals surface area (Å²) in [5, 5.41) is 3.06. The van der Waals surface area contributed by atoms with E-state index in [1.807, 2.05) is 29.2 Å². The molecule has 2 atom stereocenters. The highest BCUT2D eigenvalue weighted by atomic mass is 32.2. The molecule has 0 saturated carbocycles. The van der Waals surface area contributed by atoms with Gasteiger partial charge in [-0.1, -0.05) is 107 Å². The van der Waals surface area contributed by atoms with E-state index in [4.69, 9.17) is 4.74 Å². The summed E-state index contributed by atoms with van der Waals surface area (Å²) < 4.78 is 6.34. The quantitative estimate of drug-likeness (QED) is 0.236. The zero-order chi connectivity index (χ0) is 33.8. The van der Waals surface area contributed by atoms with Crippen LogP contribution in [0.25, 0.3) is 0 Å². The fourth-order valence-electron chi connectivity index (χ4n) is 5.62. The molecule has 0 radical (unpaired) electrons. The molecule has 2 aromatic rings. The van der Waals surface area contributed by atoms with Gasteiger partial charge in [-0.2, -0.15) is 0 Å². The Balaban J connectivity index is 1.61. The van der Waals surface area contributed by atoms with Crippen molar-refractivity contribution < 1.29 is 14.3 Å². The van der Waals surface area contributed by atoms with Crippen molar-refractivity contribution >= 4 is 23.6 Å². The van der Waals surface area contributed by atoms with Crippen LogP contribution in [0.15, 0.2) is 42.5 Å². The minimum atomic E-state index is -0.491. The summed E-state index contributed by atoms with van der Waals surface area (Å²) in [7, 11) is 0. The largest absolute Gasteiger partial charge is 0.493 e. The first-order chi connectivity index (χ1) is 20.8.